The second-order valence-electron chi connectivity index (χ2n) is 4.85. The molecule has 0 radical (unpaired) electrons. The fourth-order valence-corrected chi connectivity index (χ4v) is 2.31. The van der Waals surface area contributed by atoms with Crippen LogP contribution >= 0.6 is 0 Å². The summed E-state index contributed by atoms with van der Waals surface area (Å²) in [6.07, 6.45) is 2.54. The van der Waals surface area contributed by atoms with Crippen molar-refractivity contribution in [3.8, 4) is 11.5 Å². The lowest BCUT2D eigenvalue weighted by molar-refractivity contribution is 0.0147. The molecule has 1 aliphatic rings. The minimum atomic E-state index is 0.177. The molecule has 2 rings (SSSR count). The number of methoxy groups -OCH3 is 2. The third kappa shape index (κ3) is 2.76. The fourth-order valence-electron chi connectivity index (χ4n) is 2.31. The van der Waals surface area contributed by atoms with Gasteiger partial charge in [0.2, 0.25) is 0 Å². The monoisotopic (exact) mass is 251 g/mol. The van der Waals surface area contributed by atoms with Crippen LogP contribution in [-0.2, 0) is 4.74 Å². The summed E-state index contributed by atoms with van der Waals surface area (Å²) in [5.41, 5.74) is 1.12. The highest BCUT2D eigenvalue weighted by molar-refractivity contribution is 5.42. The Balaban J connectivity index is 1.94. The second-order valence-corrected chi connectivity index (χ2v) is 4.85. The Morgan fingerprint density at radius 1 is 1.33 bits per heavy atom. The van der Waals surface area contributed by atoms with E-state index in [-0.39, 0.29) is 11.8 Å². The lowest BCUT2D eigenvalue weighted by Crippen LogP contribution is -2.45. The highest BCUT2D eigenvalue weighted by Gasteiger charge is 2.29. The molecule has 1 atom stereocenters. The molecule has 0 bridgehead atoms. The molecule has 0 amide bonds. The Morgan fingerprint density at radius 2 is 2.06 bits per heavy atom. The van der Waals surface area contributed by atoms with Crippen LogP contribution in [-0.4, -0.2) is 31.5 Å². The van der Waals surface area contributed by atoms with Crippen LogP contribution in [0, 0.1) is 0 Å². The first-order chi connectivity index (χ1) is 8.63. The molecule has 4 heteroatoms. The van der Waals surface area contributed by atoms with Gasteiger partial charge in [0.05, 0.1) is 13.2 Å². The average molecular weight is 251 g/mol. The summed E-state index contributed by atoms with van der Waals surface area (Å²) in [6, 6.07) is 6.22. The van der Waals surface area contributed by atoms with Gasteiger partial charge in [0.15, 0.2) is 11.5 Å². The Morgan fingerprint density at radius 3 is 2.67 bits per heavy atom. The van der Waals surface area contributed by atoms with Crippen molar-refractivity contribution in [1.82, 2.24) is 5.32 Å². The second kappa shape index (κ2) is 5.59. The predicted molar refractivity (Wildman–Crippen MR) is 70.0 cm³/mol. The van der Waals surface area contributed by atoms with E-state index in [4.69, 9.17) is 9.47 Å². The molecule has 1 saturated carbocycles. The Hall–Kier alpha value is -1.26. The van der Waals surface area contributed by atoms with Gasteiger partial charge in [-0.15, -0.1) is 0 Å². The molecule has 0 saturated heterocycles. The number of nitrogens with one attached hydrogen (secondary N) is 1. The van der Waals surface area contributed by atoms with E-state index >= 15 is 0 Å². The van der Waals surface area contributed by atoms with Gasteiger partial charge >= 0.3 is 0 Å². The summed E-state index contributed by atoms with van der Waals surface area (Å²) >= 11 is 0. The van der Waals surface area contributed by atoms with Crippen LogP contribution in [0.1, 0.15) is 31.4 Å². The van der Waals surface area contributed by atoms with Gasteiger partial charge in [-0.25, -0.2) is 0 Å². The maximum absolute atomic E-state index is 9.56. The van der Waals surface area contributed by atoms with Crippen LogP contribution in [0.15, 0.2) is 18.2 Å². The van der Waals surface area contributed by atoms with Gasteiger partial charge in [-0.05, 0) is 37.5 Å². The van der Waals surface area contributed by atoms with Crippen LogP contribution in [0.5, 0.6) is 11.5 Å². The first-order valence-electron chi connectivity index (χ1n) is 6.29. The van der Waals surface area contributed by atoms with Gasteiger partial charge in [-0.2, -0.15) is 0 Å². The maximum atomic E-state index is 9.56. The molecule has 18 heavy (non-hydrogen) atoms. The predicted octanol–water partition coefficient (Wildman–Crippen LogP) is 2.23. The zero-order chi connectivity index (χ0) is 13.1. The van der Waals surface area contributed by atoms with Crippen LogP contribution in [0.3, 0.4) is 0 Å². The Labute approximate surface area is 108 Å². The number of hydrogen-bond acceptors (Lipinski definition) is 4. The van der Waals surface area contributed by atoms with E-state index in [0.717, 1.165) is 18.4 Å². The van der Waals surface area contributed by atoms with E-state index in [2.05, 4.69) is 12.2 Å². The van der Waals surface area contributed by atoms with Crippen molar-refractivity contribution in [1.29, 1.82) is 0 Å². The van der Waals surface area contributed by atoms with E-state index in [1.807, 2.05) is 12.1 Å². The van der Waals surface area contributed by atoms with E-state index in [9.17, 15) is 5.11 Å². The van der Waals surface area contributed by atoms with Crippen LogP contribution < -0.4 is 10.1 Å². The molecule has 0 aliphatic heterocycles. The summed E-state index contributed by atoms with van der Waals surface area (Å²) in [5.74, 6) is 0.695. The zero-order valence-electron chi connectivity index (χ0n) is 11.1. The van der Waals surface area contributed by atoms with E-state index in [0.29, 0.717) is 17.9 Å². The number of aromatic hydroxyl groups is 1. The van der Waals surface area contributed by atoms with E-state index in [1.165, 1.54) is 0 Å². The van der Waals surface area contributed by atoms with Crippen LogP contribution in [0.4, 0.5) is 0 Å². The minimum Gasteiger partial charge on any atom is -0.504 e. The molecule has 1 aromatic rings. The number of benzene rings is 1. The standard InChI is InChI=1S/C14H21NO3/c1-9(15-11-7-12(8-11)17-2)10-4-5-13(16)14(6-10)18-3/h4-6,9,11-12,15-16H,7-8H2,1-3H3. The Kier molecular flexibility index (Phi) is 4.09. The highest BCUT2D eigenvalue weighted by atomic mass is 16.5. The smallest absolute Gasteiger partial charge is 0.160 e. The molecule has 0 heterocycles. The molecule has 2 N–H and O–H groups in total. The quantitative estimate of drug-likeness (QED) is 0.842. The van der Waals surface area contributed by atoms with Crippen molar-refractivity contribution >= 4 is 0 Å². The van der Waals surface area contributed by atoms with Crippen LogP contribution in [0.2, 0.25) is 0 Å². The van der Waals surface area contributed by atoms with Crippen molar-refractivity contribution in [2.75, 3.05) is 14.2 Å². The van der Waals surface area contributed by atoms with E-state index < -0.39 is 0 Å². The van der Waals surface area contributed by atoms with Gasteiger partial charge in [-0.1, -0.05) is 6.07 Å². The SMILES string of the molecule is COc1cc(C(C)NC2CC(OC)C2)ccc1O. The minimum absolute atomic E-state index is 0.177. The molecule has 100 valence electrons. The lowest BCUT2D eigenvalue weighted by Gasteiger charge is -2.36. The largest absolute Gasteiger partial charge is 0.504 e. The van der Waals surface area contributed by atoms with Crippen molar-refractivity contribution in [2.24, 2.45) is 0 Å². The number of phenolic OH excluding ortho intramolecular Hbond substituents is 1. The van der Waals surface area contributed by atoms with Gasteiger partial charge in [0.25, 0.3) is 0 Å². The number of hydrogen-bond donors (Lipinski definition) is 2. The summed E-state index contributed by atoms with van der Waals surface area (Å²) in [4.78, 5) is 0. The summed E-state index contributed by atoms with van der Waals surface area (Å²) in [6.45, 7) is 2.12. The van der Waals surface area contributed by atoms with Gasteiger partial charge in [0.1, 0.15) is 0 Å². The zero-order valence-corrected chi connectivity index (χ0v) is 11.1. The van der Waals surface area contributed by atoms with Crippen molar-refractivity contribution in [3.05, 3.63) is 23.8 Å². The molecule has 0 spiro atoms. The third-order valence-electron chi connectivity index (χ3n) is 3.62. The van der Waals surface area contributed by atoms with Crippen molar-refractivity contribution in [3.63, 3.8) is 0 Å². The molecular formula is C14H21NO3. The molecule has 0 aromatic heterocycles. The number of ether oxygens (including phenoxy) is 2. The van der Waals surface area contributed by atoms with E-state index in [1.54, 1.807) is 20.3 Å². The summed E-state index contributed by atoms with van der Waals surface area (Å²) in [5, 5.41) is 13.1. The third-order valence-corrected chi connectivity index (χ3v) is 3.62. The first kappa shape index (κ1) is 13.2. The molecule has 1 unspecified atom stereocenters. The van der Waals surface area contributed by atoms with Crippen LogP contribution in [0.25, 0.3) is 0 Å². The highest BCUT2D eigenvalue weighted by Crippen LogP contribution is 2.30. The maximum Gasteiger partial charge on any atom is 0.160 e. The molecular weight excluding hydrogens is 230 g/mol. The van der Waals surface area contributed by atoms with Gasteiger partial charge < -0.3 is 19.9 Å². The van der Waals surface area contributed by atoms with Gasteiger partial charge in [0, 0.05) is 19.2 Å². The van der Waals surface area contributed by atoms with Crippen molar-refractivity contribution in [2.45, 2.75) is 38.0 Å². The summed E-state index contributed by atoms with van der Waals surface area (Å²) in [7, 11) is 3.32. The number of phenols is 1. The first-order valence-corrected chi connectivity index (χ1v) is 6.29. The van der Waals surface area contributed by atoms with Gasteiger partial charge in [-0.3, -0.25) is 0 Å². The lowest BCUT2D eigenvalue weighted by atomic mass is 9.88. The fraction of sp³-hybridized carbons (Fsp3) is 0.571. The normalized spacial score (nSPS) is 24.4. The Bertz CT molecular complexity index is 402. The topological polar surface area (TPSA) is 50.7 Å². The average Bonchev–Trinajstić information content (AvgIpc) is 2.33. The summed E-state index contributed by atoms with van der Waals surface area (Å²) < 4.78 is 10.4. The molecule has 1 fully saturated rings. The molecule has 1 aliphatic carbocycles. The number of rotatable bonds is 5. The van der Waals surface area contributed by atoms with Crippen molar-refractivity contribution < 1.29 is 14.6 Å². The molecule has 1 aromatic carbocycles. The molecule has 4 nitrogen and oxygen atoms in total.